The molecule has 2 heterocycles. The maximum Gasteiger partial charge on any atom is 0.311 e. The molecule has 1 N–H and O–H groups in total. The molecule has 7 heteroatoms. The van der Waals surface area contributed by atoms with Crippen LogP contribution < -0.4 is 0 Å². The van der Waals surface area contributed by atoms with Gasteiger partial charge in [-0.3, -0.25) is 4.79 Å². The minimum Gasteiger partial charge on any atom is -0.481 e. The summed E-state index contributed by atoms with van der Waals surface area (Å²) < 4.78 is 6.90. The largest absolute Gasteiger partial charge is 0.481 e. The topological polar surface area (TPSA) is 90.1 Å². The van der Waals surface area contributed by atoms with Crippen molar-refractivity contribution in [2.75, 3.05) is 13.2 Å². The van der Waals surface area contributed by atoms with Crippen LogP contribution in [-0.4, -0.2) is 44.5 Å². The minimum atomic E-state index is -0.806. The van der Waals surface area contributed by atoms with Crippen LogP contribution in [0.25, 0.3) is 0 Å². The average molecular weight is 268 g/mol. The van der Waals surface area contributed by atoms with Gasteiger partial charge in [-0.25, -0.2) is 4.68 Å². The number of hydrogen-bond acceptors (Lipinski definition) is 5. The Morgan fingerprint density at radius 3 is 2.74 bits per heavy atom. The predicted octanol–water partition coefficient (Wildman–Crippen LogP) is 0.753. The van der Waals surface area contributed by atoms with Gasteiger partial charge in [-0.2, -0.15) is 0 Å². The molecule has 1 saturated heterocycles. The standard InChI is InChI=1S/C12H20N4O3/c1-9(2)7-10-13-14-15-16(10)8-12(11(17)18)3-5-19-6-4-12/h9H,3-8H2,1-2H3,(H,17,18). The summed E-state index contributed by atoms with van der Waals surface area (Å²) in [6.07, 6.45) is 1.76. The highest BCUT2D eigenvalue weighted by atomic mass is 16.5. The fourth-order valence-corrected chi connectivity index (χ4v) is 2.35. The number of ether oxygens (including phenoxy) is 1. The lowest BCUT2D eigenvalue weighted by Gasteiger charge is -2.32. The summed E-state index contributed by atoms with van der Waals surface area (Å²) in [6.45, 7) is 5.45. The average Bonchev–Trinajstić information content (AvgIpc) is 2.76. The molecule has 0 aliphatic carbocycles. The van der Waals surface area contributed by atoms with E-state index in [2.05, 4.69) is 29.4 Å². The monoisotopic (exact) mass is 268 g/mol. The Morgan fingerprint density at radius 1 is 1.47 bits per heavy atom. The third-order valence-corrected chi connectivity index (χ3v) is 3.55. The highest BCUT2D eigenvalue weighted by Crippen LogP contribution is 2.32. The van der Waals surface area contributed by atoms with Gasteiger partial charge in [0, 0.05) is 19.6 Å². The number of carboxylic acids is 1. The number of carbonyl (C=O) groups is 1. The molecule has 0 spiro atoms. The minimum absolute atomic E-state index is 0.320. The summed E-state index contributed by atoms with van der Waals surface area (Å²) in [7, 11) is 0. The van der Waals surface area contributed by atoms with Gasteiger partial charge in [0.05, 0.1) is 12.0 Å². The number of nitrogens with zero attached hydrogens (tertiary/aromatic N) is 4. The third-order valence-electron chi connectivity index (χ3n) is 3.55. The van der Waals surface area contributed by atoms with Gasteiger partial charge < -0.3 is 9.84 Å². The molecule has 1 aromatic rings. The molecule has 1 aromatic heterocycles. The predicted molar refractivity (Wildman–Crippen MR) is 66.5 cm³/mol. The zero-order valence-corrected chi connectivity index (χ0v) is 11.4. The van der Waals surface area contributed by atoms with Crippen LogP contribution >= 0.6 is 0 Å². The van der Waals surface area contributed by atoms with E-state index in [0.29, 0.717) is 38.5 Å². The molecule has 2 rings (SSSR count). The van der Waals surface area contributed by atoms with Crippen LogP contribution in [0.4, 0.5) is 0 Å². The molecule has 0 aromatic carbocycles. The van der Waals surface area contributed by atoms with Crippen molar-refractivity contribution >= 4 is 5.97 Å². The van der Waals surface area contributed by atoms with Gasteiger partial charge in [-0.15, -0.1) is 5.10 Å². The first-order valence-corrected chi connectivity index (χ1v) is 6.60. The number of tetrazole rings is 1. The molecule has 0 amide bonds. The van der Waals surface area contributed by atoms with Crippen molar-refractivity contribution in [1.82, 2.24) is 20.2 Å². The Morgan fingerprint density at radius 2 is 2.16 bits per heavy atom. The Balaban J connectivity index is 2.17. The number of aromatic nitrogens is 4. The lowest BCUT2D eigenvalue weighted by atomic mass is 9.80. The smallest absolute Gasteiger partial charge is 0.311 e. The van der Waals surface area contributed by atoms with Gasteiger partial charge in [0.25, 0.3) is 0 Å². The molecule has 0 unspecified atom stereocenters. The summed E-state index contributed by atoms with van der Waals surface area (Å²) in [5.74, 6) is 0.393. The van der Waals surface area contributed by atoms with Gasteiger partial charge in [0.1, 0.15) is 0 Å². The van der Waals surface area contributed by atoms with Crippen LogP contribution in [0.15, 0.2) is 0 Å². The van der Waals surface area contributed by atoms with E-state index >= 15 is 0 Å². The molecule has 0 bridgehead atoms. The SMILES string of the molecule is CC(C)Cc1nnnn1CC1(C(=O)O)CCOCC1. The highest BCUT2D eigenvalue weighted by Gasteiger charge is 2.41. The second-order valence-electron chi connectivity index (χ2n) is 5.55. The molecule has 0 radical (unpaired) electrons. The summed E-state index contributed by atoms with van der Waals surface area (Å²) in [6, 6.07) is 0. The first-order chi connectivity index (χ1) is 9.03. The molecule has 106 valence electrons. The Hall–Kier alpha value is -1.50. The quantitative estimate of drug-likeness (QED) is 0.847. The molecular formula is C12H20N4O3. The van der Waals surface area contributed by atoms with Crippen molar-refractivity contribution < 1.29 is 14.6 Å². The lowest BCUT2D eigenvalue weighted by molar-refractivity contribution is -0.156. The normalized spacial score (nSPS) is 18.7. The molecular weight excluding hydrogens is 248 g/mol. The van der Waals surface area contributed by atoms with Crippen LogP contribution in [-0.2, 0) is 22.5 Å². The van der Waals surface area contributed by atoms with Crippen molar-refractivity contribution in [1.29, 1.82) is 0 Å². The summed E-state index contributed by atoms with van der Waals surface area (Å²) in [4.78, 5) is 11.6. The van der Waals surface area contributed by atoms with Gasteiger partial charge in [0.15, 0.2) is 5.82 Å². The fourth-order valence-electron chi connectivity index (χ4n) is 2.35. The Bertz CT molecular complexity index is 438. The van der Waals surface area contributed by atoms with Crippen LogP contribution in [0.2, 0.25) is 0 Å². The molecule has 0 atom stereocenters. The molecule has 19 heavy (non-hydrogen) atoms. The number of aliphatic carboxylic acids is 1. The van der Waals surface area contributed by atoms with E-state index in [1.54, 1.807) is 4.68 Å². The fraction of sp³-hybridized carbons (Fsp3) is 0.833. The van der Waals surface area contributed by atoms with E-state index in [-0.39, 0.29) is 0 Å². The number of rotatable bonds is 5. The van der Waals surface area contributed by atoms with Crippen molar-refractivity contribution in [2.24, 2.45) is 11.3 Å². The number of carboxylic acid groups (broad SMARTS) is 1. The highest BCUT2D eigenvalue weighted by molar-refractivity contribution is 5.74. The van der Waals surface area contributed by atoms with Gasteiger partial charge in [-0.1, -0.05) is 13.8 Å². The van der Waals surface area contributed by atoms with Crippen LogP contribution in [0.5, 0.6) is 0 Å². The first-order valence-electron chi connectivity index (χ1n) is 6.60. The van der Waals surface area contributed by atoms with E-state index in [0.717, 1.165) is 12.2 Å². The zero-order chi connectivity index (χ0) is 13.9. The summed E-state index contributed by atoms with van der Waals surface area (Å²) in [5, 5.41) is 21.1. The van der Waals surface area contributed by atoms with Gasteiger partial charge >= 0.3 is 5.97 Å². The Kier molecular flexibility index (Phi) is 4.14. The molecule has 1 aliphatic heterocycles. The summed E-state index contributed by atoms with van der Waals surface area (Å²) in [5.41, 5.74) is -0.806. The van der Waals surface area contributed by atoms with E-state index in [1.807, 2.05) is 0 Å². The van der Waals surface area contributed by atoms with Crippen molar-refractivity contribution in [3.8, 4) is 0 Å². The molecule has 1 aliphatic rings. The van der Waals surface area contributed by atoms with Gasteiger partial charge in [-0.05, 0) is 29.2 Å². The van der Waals surface area contributed by atoms with Crippen LogP contribution in [0.1, 0.15) is 32.5 Å². The number of hydrogen-bond donors (Lipinski definition) is 1. The summed E-state index contributed by atoms with van der Waals surface area (Å²) >= 11 is 0. The maximum absolute atomic E-state index is 11.6. The first kappa shape index (κ1) is 13.9. The molecule has 0 saturated carbocycles. The van der Waals surface area contributed by atoms with Crippen LogP contribution in [0, 0.1) is 11.3 Å². The van der Waals surface area contributed by atoms with Crippen molar-refractivity contribution in [3.05, 3.63) is 5.82 Å². The van der Waals surface area contributed by atoms with Gasteiger partial charge in [0.2, 0.25) is 0 Å². The van der Waals surface area contributed by atoms with E-state index in [4.69, 9.17) is 4.74 Å². The van der Waals surface area contributed by atoms with Crippen LogP contribution in [0.3, 0.4) is 0 Å². The maximum atomic E-state index is 11.6. The third kappa shape index (κ3) is 3.09. The van der Waals surface area contributed by atoms with E-state index in [9.17, 15) is 9.90 Å². The lowest BCUT2D eigenvalue weighted by Crippen LogP contribution is -2.41. The zero-order valence-electron chi connectivity index (χ0n) is 11.4. The van der Waals surface area contributed by atoms with Crippen molar-refractivity contribution in [2.45, 2.75) is 39.7 Å². The second kappa shape index (κ2) is 5.64. The van der Waals surface area contributed by atoms with Crippen molar-refractivity contribution in [3.63, 3.8) is 0 Å². The molecule has 7 nitrogen and oxygen atoms in total. The van der Waals surface area contributed by atoms with E-state index < -0.39 is 11.4 Å². The molecule has 1 fully saturated rings. The van der Waals surface area contributed by atoms with E-state index in [1.165, 1.54) is 0 Å². The Labute approximate surface area is 111 Å². The second-order valence-corrected chi connectivity index (χ2v) is 5.55.